The van der Waals surface area contributed by atoms with Crippen LogP contribution < -0.4 is 8.91 Å². The SMILES string of the molecule is Cc1ccccc1-c1nc(NSOc2cnn(C)c2)nc(Cl)c1C#N. The number of benzene rings is 1. The standard InChI is InChI=1S/C16H13ClN6OS/c1-10-5-3-4-6-12(10)14-13(7-18)15(17)21-16(20-14)22-25-24-11-8-19-23(2)9-11/h3-6,8-9H,1-2H3,(H,20,21,22). The molecule has 0 aliphatic carbocycles. The van der Waals surface area contributed by atoms with Crippen LogP contribution in [0, 0.1) is 18.3 Å². The molecular formula is C16H13ClN6OS. The maximum Gasteiger partial charge on any atom is 0.237 e. The minimum absolute atomic E-state index is 0.0835. The number of hydrogen-bond donors (Lipinski definition) is 1. The molecule has 25 heavy (non-hydrogen) atoms. The second kappa shape index (κ2) is 7.42. The molecule has 0 aliphatic rings. The van der Waals surface area contributed by atoms with E-state index in [2.05, 4.69) is 25.9 Å². The third kappa shape index (κ3) is 3.84. The molecule has 3 aromatic rings. The number of hydrogen-bond acceptors (Lipinski definition) is 7. The highest BCUT2D eigenvalue weighted by Gasteiger charge is 2.16. The predicted molar refractivity (Wildman–Crippen MR) is 97.0 cm³/mol. The van der Waals surface area contributed by atoms with Crippen molar-refractivity contribution >= 4 is 29.8 Å². The lowest BCUT2D eigenvalue weighted by Crippen LogP contribution is -2.02. The number of rotatable bonds is 5. The zero-order chi connectivity index (χ0) is 17.8. The highest BCUT2D eigenvalue weighted by molar-refractivity contribution is 7.96. The maximum atomic E-state index is 9.40. The molecule has 0 aliphatic heterocycles. The van der Waals surface area contributed by atoms with E-state index in [1.807, 2.05) is 31.2 Å². The van der Waals surface area contributed by atoms with E-state index >= 15 is 0 Å². The fourth-order valence-corrected chi connectivity index (χ4v) is 2.76. The smallest absolute Gasteiger partial charge is 0.237 e. The van der Waals surface area contributed by atoms with Crippen molar-refractivity contribution in [2.75, 3.05) is 4.72 Å². The molecule has 7 nitrogen and oxygen atoms in total. The summed E-state index contributed by atoms with van der Waals surface area (Å²) in [7, 11) is 1.79. The van der Waals surface area contributed by atoms with E-state index in [9.17, 15) is 5.26 Å². The van der Waals surface area contributed by atoms with Crippen LogP contribution in [0.5, 0.6) is 5.75 Å². The molecule has 0 radical (unpaired) electrons. The van der Waals surface area contributed by atoms with Crippen molar-refractivity contribution in [1.82, 2.24) is 19.7 Å². The second-order valence-corrected chi connectivity index (χ2v) is 6.00. The summed E-state index contributed by atoms with van der Waals surface area (Å²) >= 11 is 7.09. The Morgan fingerprint density at radius 3 is 2.80 bits per heavy atom. The Balaban J connectivity index is 1.86. The second-order valence-electron chi connectivity index (χ2n) is 5.11. The number of nitrogens with zero attached hydrogens (tertiary/aromatic N) is 5. The van der Waals surface area contributed by atoms with E-state index in [0.29, 0.717) is 11.4 Å². The third-order valence-electron chi connectivity index (χ3n) is 3.33. The summed E-state index contributed by atoms with van der Waals surface area (Å²) in [4.78, 5) is 8.52. The van der Waals surface area contributed by atoms with Gasteiger partial charge in [0.05, 0.1) is 18.1 Å². The summed E-state index contributed by atoms with van der Waals surface area (Å²) in [5.41, 5.74) is 2.52. The molecule has 2 heterocycles. The van der Waals surface area contributed by atoms with Gasteiger partial charge in [0.25, 0.3) is 0 Å². The van der Waals surface area contributed by atoms with Gasteiger partial charge in [0, 0.05) is 12.6 Å². The highest BCUT2D eigenvalue weighted by atomic mass is 35.5. The van der Waals surface area contributed by atoms with E-state index in [4.69, 9.17) is 15.8 Å². The lowest BCUT2D eigenvalue weighted by molar-refractivity contribution is 0.647. The van der Waals surface area contributed by atoms with Crippen LogP contribution >= 0.6 is 23.8 Å². The Hall–Kier alpha value is -2.76. The zero-order valence-corrected chi connectivity index (χ0v) is 15.0. The van der Waals surface area contributed by atoms with Gasteiger partial charge in [-0.25, -0.2) is 4.98 Å². The normalized spacial score (nSPS) is 10.3. The van der Waals surface area contributed by atoms with Gasteiger partial charge in [-0.3, -0.25) is 9.40 Å². The molecule has 0 fully saturated rings. The van der Waals surface area contributed by atoms with Crippen LogP contribution in [0.15, 0.2) is 36.7 Å². The van der Waals surface area contributed by atoms with Crippen LogP contribution in [0.25, 0.3) is 11.3 Å². The lowest BCUT2D eigenvalue weighted by Gasteiger charge is -2.10. The van der Waals surface area contributed by atoms with E-state index in [1.54, 1.807) is 24.1 Å². The molecule has 0 bridgehead atoms. The summed E-state index contributed by atoms with van der Waals surface area (Å²) in [5.74, 6) is 0.829. The van der Waals surface area contributed by atoms with E-state index < -0.39 is 0 Å². The fourth-order valence-electron chi connectivity index (χ4n) is 2.16. The van der Waals surface area contributed by atoms with Crippen molar-refractivity contribution < 1.29 is 4.18 Å². The van der Waals surface area contributed by atoms with Crippen molar-refractivity contribution in [3.8, 4) is 23.1 Å². The number of aromatic nitrogens is 4. The van der Waals surface area contributed by atoms with Crippen LogP contribution in [-0.2, 0) is 7.05 Å². The van der Waals surface area contributed by atoms with Gasteiger partial charge >= 0.3 is 0 Å². The van der Waals surface area contributed by atoms with Crippen molar-refractivity contribution in [3.63, 3.8) is 0 Å². The van der Waals surface area contributed by atoms with Crippen LogP contribution in [0.2, 0.25) is 5.15 Å². The Morgan fingerprint density at radius 1 is 1.32 bits per heavy atom. The van der Waals surface area contributed by atoms with Crippen LogP contribution in [0.4, 0.5) is 5.95 Å². The Kier molecular flexibility index (Phi) is 5.07. The zero-order valence-electron chi connectivity index (χ0n) is 13.4. The van der Waals surface area contributed by atoms with Gasteiger partial charge in [0.15, 0.2) is 23.1 Å². The highest BCUT2D eigenvalue weighted by Crippen LogP contribution is 2.30. The molecule has 1 N–H and O–H groups in total. The van der Waals surface area contributed by atoms with Crippen LogP contribution in [0.1, 0.15) is 11.1 Å². The minimum Gasteiger partial charge on any atom is -0.402 e. The quantitative estimate of drug-likeness (QED) is 0.414. The summed E-state index contributed by atoms with van der Waals surface area (Å²) in [5, 5.41) is 13.5. The van der Waals surface area contributed by atoms with Crippen molar-refractivity contribution in [2.24, 2.45) is 7.05 Å². The lowest BCUT2D eigenvalue weighted by atomic mass is 10.0. The van der Waals surface area contributed by atoms with E-state index in [1.165, 1.54) is 0 Å². The maximum absolute atomic E-state index is 9.40. The fraction of sp³-hybridized carbons (Fsp3) is 0.125. The summed E-state index contributed by atoms with van der Waals surface area (Å²) in [6, 6.07) is 9.70. The summed E-state index contributed by atoms with van der Waals surface area (Å²) < 4.78 is 9.92. The number of anilines is 1. The molecule has 0 atom stereocenters. The number of nitrogens with one attached hydrogen (secondary N) is 1. The third-order valence-corrected chi connectivity index (χ3v) is 4.14. The van der Waals surface area contributed by atoms with E-state index in [0.717, 1.165) is 23.4 Å². The summed E-state index contributed by atoms with van der Waals surface area (Å²) in [6.07, 6.45) is 3.31. The topological polar surface area (TPSA) is 88.7 Å². The molecular weight excluding hydrogens is 360 g/mol. The molecule has 9 heteroatoms. The Labute approximate surface area is 154 Å². The van der Waals surface area contributed by atoms with Gasteiger partial charge in [0.1, 0.15) is 11.6 Å². The number of halogens is 1. The number of nitriles is 1. The first-order chi connectivity index (χ1) is 12.1. The first-order valence-electron chi connectivity index (χ1n) is 7.20. The molecule has 0 saturated carbocycles. The van der Waals surface area contributed by atoms with Gasteiger partial charge in [-0.05, 0) is 12.5 Å². The van der Waals surface area contributed by atoms with Crippen molar-refractivity contribution in [2.45, 2.75) is 6.92 Å². The predicted octanol–water partition coefficient (Wildman–Crippen LogP) is 3.76. The molecule has 0 amide bonds. The average Bonchev–Trinajstić information content (AvgIpc) is 3.00. The first-order valence-corrected chi connectivity index (χ1v) is 8.32. The largest absolute Gasteiger partial charge is 0.402 e. The minimum atomic E-state index is 0.0835. The van der Waals surface area contributed by atoms with Crippen molar-refractivity contribution in [1.29, 1.82) is 5.26 Å². The van der Waals surface area contributed by atoms with Gasteiger partial charge < -0.3 is 4.18 Å². The van der Waals surface area contributed by atoms with Gasteiger partial charge in [-0.15, -0.1) is 0 Å². The molecule has 0 spiro atoms. The Morgan fingerprint density at radius 2 is 2.12 bits per heavy atom. The molecule has 126 valence electrons. The molecule has 3 rings (SSSR count). The van der Waals surface area contributed by atoms with E-state index in [-0.39, 0.29) is 16.7 Å². The Bertz CT molecular complexity index is 952. The molecule has 0 unspecified atom stereocenters. The number of aryl methyl sites for hydroxylation is 2. The summed E-state index contributed by atoms with van der Waals surface area (Å²) in [6.45, 7) is 1.94. The molecule has 0 saturated heterocycles. The van der Waals surface area contributed by atoms with Gasteiger partial charge in [0.2, 0.25) is 5.95 Å². The van der Waals surface area contributed by atoms with Gasteiger partial charge in [-0.1, -0.05) is 35.9 Å². The average molecular weight is 373 g/mol. The monoisotopic (exact) mass is 372 g/mol. The molecule has 2 aromatic heterocycles. The molecule has 1 aromatic carbocycles. The van der Waals surface area contributed by atoms with Crippen molar-refractivity contribution in [3.05, 3.63) is 52.9 Å². The first kappa shape index (κ1) is 17.1. The van der Waals surface area contributed by atoms with Gasteiger partial charge in [-0.2, -0.15) is 15.3 Å². The van der Waals surface area contributed by atoms with Crippen LogP contribution in [0.3, 0.4) is 0 Å². The van der Waals surface area contributed by atoms with Crippen LogP contribution in [-0.4, -0.2) is 19.7 Å².